The summed E-state index contributed by atoms with van der Waals surface area (Å²) in [5, 5.41) is 0. The van der Waals surface area contributed by atoms with E-state index in [0.717, 1.165) is 34.5 Å². The lowest BCUT2D eigenvalue weighted by Crippen LogP contribution is -2.44. The summed E-state index contributed by atoms with van der Waals surface area (Å²) in [5.41, 5.74) is 5.16. The number of hydrogen-bond acceptors (Lipinski definition) is 3. The first-order valence-electron chi connectivity index (χ1n) is 9.79. The summed E-state index contributed by atoms with van der Waals surface area (Å²) < 4.78 is 7.38. The number of amides is 1. The van der Waals surface area contributed by atoms with Gasteiger partial charge in [0.15, 0.2) is 0 Å². The molecule has 2 aromatic carbocycles. The van der Waals surface area contributed by atoms with Crippen LogP contribution in [0.25, 0.3) is 11.0 Å². The first-order chi connectivity index (χ1) is 13.5. The number of para-hydroxylation sites is 3. The molecule has 0 spiro atoms. The van der Waals surface area contributed by atoms with Crippen LogP contribution in [-0.4, -0.2) is 35.2 Å². The molecule has 1 unspecified atom stereocenters. The molecule has 0 bridgehead atoms. The van der Waals surface area contributed by atoms with Gasteiger partial charge in [0.2, 0.25) is 5.91 Å². The van der Waals surface area contributed by atoms with Gasteiger partial charge < -0.3 is 14.2 Å². The molecule has 5 nitrogen and oxygen atoms in total. The topological polar surface area (TPSA) is 47.4 Å². The van der Waals surface area contributed by atoms with E-state index in [4.69, 9.17) is 4.74 Å². The SMILES string of the molecule is CCc1cccc(C)c1N(C(=O)Cn1c(C)nc2ccccc21)C(C)COC. The van der Waals surface area contributed by atoms with Gasteiger partial charge in [0, 0.05) is 7.11 Å². The third-order valence-corrected chi connectivity index (χ3v) is 5.20. The zero-order chi connectivity index (χ0) is 20.3. The number of imidazole rings is 1. The molecule has 1 aromatic heterocycles. The Balaban J connectivity index is 2.04. The van der Waals surface area contributed by atoms with Gasteiger partial charge >= 0.3 is 0 Å². The van der Waals surface area contributed by atoms with Crippen LogP contribution >= 0.6 is 0 Å². The fourth-order valence-electron chi connectivity index (χ4n) is 3.86. The van der Waals surface area contributed by atoms with Crippen molar-refractivity contribution in [1.82, 2.24) is 9.55 Å². The first kappa shape index (κ1) is 20.1. The number of hydrogen-bond donors (Lipinski definition) is 0. The molecule has 0 saturated heterocycles. The molecule has 0 fully saturated rings. The largest absolute Gasteiger partial charge is 0.383 e. The summed E-state index contributed by atoms with van der Waals surface area (Å²) >= 11 is 0. The molecule has 5 heteroatoms. The Kier molecular flexibility index (Phi) is 6.15. The maximum absolute atomic E-state index is 13.6. The van der Waals surface area contributed by atoms with E-state index in [2.05, 4.69) is 37.0 Å². The number of fused-ring (bicyclic) bond motifs is 1. The Morgan fingerprint density at radius 1 is 1.18 bits per heavy atom. The zero-order valence-electron chi connectivity index (χ0n) is 17.4. The molecule has 0 saturated carbocycles. The van der Waals surface area contributed by atoms with Crippen LogP contribution in [-0.2, 0) is 22.5 Å². The van der Waals surface area contributed by atoms with E-state index in [1.54, 1.807) is 7.11 Å². The summed E-state index contributed by atoms with van der Waals surface area (Å²) in [4.78, 5) is 20.1. The number of nitrogens with zero attached hydrogens (tertiary/aromatic N) is 3. The van der Waals surface area contributed by atoms with Crippen molar-refractivity contribution in [3.63, 3.8) is 0 Å². The fraction of sp³-hybridized carbons (Fsp3) is 0.391. The number of methoxy groups -OCH3 is 1. The lowest BCUT2D eigenvalue weighted by molar-refractivity contribution is -0.119. The van der Waals surface area contributed by atoms with Gasteiger partial charge in [0.1, 0.15) is 12.4 Å². The van der Waals surface area contributed by atoms with Crippen LogP contribution in [0.2, 0.25) is 0 Å². The van der Waals surface area contributed by atoms with Crippen molar-refractivity contribution in [2.75, 3.05) is 18.6 Å². The van der Waals surface area contributed by atoms with Crippen LogP contribution in [0, 0.1) is 13.8 Å². The van der Waals surface area contributed by atoms with Crippen molar-refractivity contribution in [3.8, 4) is 0 Å². The molecule has 0 N–H and O–H groups in total. The molecule has 0 aliphatic carbocycles. The van der Waals surface area contributed by atoms with Crippen LogP contribution in [0.1, 0.15) is 30.8 Å². The van der Waals surface area contributed by atoms with Crippen molar-refractivity contribution >= 4 is 22.6 Å². The maximum atomic E-state index is 13.6. The second-order valence-corrected chi connectivity index (χ2v) is 7.24. The Bertz CT molecular complexity index is 977. The maximum Gasteiger partial charge on any atom is 0.247 e. The summed E-state index contributed by atoms with van der Waals surface area (Å²) in [6, 6.07) is 14.1. The van der Waals surface area contributed by atoms with Crippen LogP contribution in [0.15, 0.2) is 42.5 Å². The second-order valence-electron chi connectivity index (χ2n) is 7.24. The predicted molar refractivity (Wildman–Crippen MR) is 114 cm³/mol. The average molecular weight is 380 g/mol. The average Bonchev–Trinajstić information content (AvgIpc) is 2.99. The highest BCUT2D eigenvalue weighted by Gasteiger charge is 2.26. The number of carbonyl (C=O) groups excluding carboxylic acids is 1. The van der Waals surface area contributed by atoms with Gasteiger partial charge in [-0.3, -0.25) is 4.79 Å². The molecular formula is C23H29N3O2. The third-order valence-electron chi connectivity index (χ3n) is 5.20. The zero-order valence-corrected chi connectivity index (χ0v) is 17.4. The summed E-state index contributed by atoms with van der Waals surface area (Å²) in [6.07, 6.45) is 0.869. The number of aromatic nitrogens is 2. The van der Waals surface area contributed by atoms with Crippen molar-refractivity contribution in [2.24, 2.45) is 0 Å². The molecule has 0 radical (unpaired) electrons. The minimum atomic E-state index is -0.0704. The third kappa shape index (κ3) is 3.80. The number of benzene rings is 2. The molecular weight excluding hydrogens is 350 g/mol. The lowest BCUT2D eigenvalue weighted by atomic mass is 10.0. The van der Waals surface area contributed by atoms with Gasteiger partial charge in [-0.25, -0.2) is 4.98 Å². The molecule has 3 rings (SSSR count). The molecule has 3 aromatic rings. The second kappa shape index (κ2) is 8.57. The molecule has 148 valence electrons. The Morgan fingerprint density at radius 3 is 2.64 bits per heavy atom. The van der Waals surface area contributed by atoms with E-state index in [-0.39, 0.29) is 18.5 Å². The van der Waals surface area contributed by atoms with E-state index >= 15 is 0 Å². The van der Waals surface area contributed by atoms with Crippen molar-refractivity contribution in [2.45, 2.75) is 46.7 Å². The lowest BCUT2D eigenvalue weighted by Gasteiger charge is -2.32. The fourth-order valence-corrected chi connectivity index (χ4v) is 3.86. The summed E-state index contributed by atoms with van der Waals surface area (Å²) in [5.74, 6) is 0.884. The Labute approximate surface area is 166 Å². The summed E-state index contributed by atoms with van der Waals surface area (Å²) in [6.45, 7) is 8.89. The van der Waals surface area contributed by atoms with Crippen LogP contribution < -0.4 is 4.90 Å². The van der Waals surface area contributed by atoms with E-state index < -0.39 is 0 Å². The molecule has 28 heavy (non-hydrogen) atoms. The number of anilines is 1. The van der Waals surface area contributed by atoms with Crippen LogP contribution in [0.5, 0.6) is 0 Å². The van der Waals surface area contributed by atoms with Crippen molar-refractivity contribution in [1.29, 1.82) is 0 Å². The summed E-state index contributed by atoms with van der Waals surface area (Å²) in [7, 11) is 1.67. The quantitative estimate of drug-likeness (QED) is 0.615. The number of carbonyl (C=O) groups is 1. The van der Waals surface area contributed by atoms with E-state index in [1.807, 2.05) is 47.6 Å². The highest BCUT2D eigenvalue weighted by molar-refractivity contribution is 5.96. The van der Waals surface area contributed by atoms with Gasteiger partial charge in [-0.15, -0.1) is 0 Å². The van der Waals surface area contributed by atoms with E-state index in [9.17, 15) is 4.79 Å². The van der Waals surface area contributed by atoms with Gasteiger partial charge in [0.25, 0.3) is 0 Å². The molecule has 0 aliphatic rings. The molecule has 0 aliphatic heterocycles. The van der Waals surface area contributed by atoms with Crippen LogP contribution in [0.4, 0.5) is 5.69 Å². The first-order valence-corrected chi connectivity index (χ1v) is 9.79. The predicted octanol–water partition coefficient (Wildman–Crippen LogP) is 4.28. The highest BCUT2D eigenvalue weighted by atomic mass is 16.5. The van der Waals surface area contributed by atoms with Crippen molar-refractivity contribution in [3.05, 3.63) is 59.4 Å². The minimum absolute atomic E-state index is 0.0415. The number of ether oxygens (including phenoxy) is 1. The minimum Gasteiger partial charge on any atom is -0.383 e. The van der Waals surface area contributed by atoms with Gasteiger partial charge in [-0.1, -0.05) is 37.3 Å². The normalized spacial score (nSPS) is 12.3. The standard InChI is InChI=1S/C23H29N3O2/c1-6-19-11-9-10-16(2)23(19)26(17(3)15-28-5)22(27)14-25-18(4)24-20-12-7-8-13-21(20)25/h7-13,17H,6,14-15H2,1-5H3. The van der Waals surface area contributed by atoms with Crippen LogP contribution in [0.3, 0.4) is 0 Å². The van der Waals surface area contributed by atoms with E-state index in [0.29, 0.717) is 6.61 Å². The molecule has 1 heterocycles. The van der Waals surface area contributed by atoms with Gasteiger partial charge in [-0.05, 0) is 50.5 Å². The van der Waals surface area contributed by atoms with Crippen molar-refractivity contribution < 1.29 is 9.53 Å². The monoisotopic (exact) mass is 379 g/mol. The Morgan fingerprint density at radius 2 is 1.93 bits per heavy atom. The van der Waals surface area contributed by atoms with Gasteiger partial charge in [0.05, 0.1) is 29.4 Å². The smallest absolute Gasteiger partial charge is 0.247 e. The number of aryl methyl sites for hydroxylation is 3. The van der Waals surface area contributed by atoms with E-state index in [1.165, 1.54) is 5.56 Å². The number of rotatable bonds is 7. The molecule has 1 amide bonds. The van der Waals surface area contributed by atoms with Gasteiger partial charge in [-0.2, -0.15) is 0 Å². The molecule has 1 atom stereocenters. The Hall–Kier alpha value is -2.66. The highest BCUT2D eigenvalue weighted by Crippen LogP contribution is 2.29.